The molecule has 0 aliphatic rings. The third kappa shape index (κ3) is 4.74. The van der Waals surface area contributed by atoms with Crippen molar-refractivity contribution in [3.05, 3.63) is 30.1 Å². The first-order valence-electron chi connectivity index (χ1n) is 7.43. The Labute approximate surface area is 137 Å². The van der Waals surface area contributed by atoms with Gasteiger partial charge in [-0.1, -0.05) is 0 Å². The first-order chi connectivity index (χ1) is 10.8. The molecule has 0 atom stereocenters. The fourth-order valence-corrected chi connectivity index (χ4v) is 2.14. The Bertz CT molecular complexity index is 681. The number of aryl methyl sites for hydroxylation is 1. The third-order valence-electron chi connectivity index (χ3n) is 3.00. The van der Waals surface area contributed by atoms with Crippen molar-refractivity contribution in [2.24, 2.45) is 0 Å². The number of hydrogen-bond donors (Lipinski definition) is 2. The van der Waals surface area contributed by atoms with Crippen LogP contribution in [-0.2, 0) is 0 Å². The lowest BCUT2D eigenvalue weighted by Gasteiger charge is -2.22. The monoisotopic (exact) mass is 316 g/mol. The molecular weight excluding hydrogens is 292 g/mol. The van der Waals surface area contributed by atoms with E-state index in [4.69, 9.17) is 9.47 Å². The van der Waals surface area contributed by atoms with Crippen LogP contribution in [0.3, 0.4) is 0 Å². The second kappa shape index (κ2) is 6.73. The van der Waals surface area contributed by atoms with Crippen LogP contribution in [-0.4, -0.2) is 29.7 Å². The van der Waals surface area contributed by atoms with Gasteiger partial charge in [-0.3, -0.25) is 0 Å². The molecule has 0 bridgehead atoms. The molecule has 0 aliphatic carbocycles. The van der Waals surface area contributed by atoms with Crippen LogP contribution in [0.5, 0.6) is 11.5 Å². The number of nitrogens with one attached hydrogen (secondary N) is 2. The summed E-state index contributed by atoms with van der Waals surface area (Å²) in [5, 5.41) is 6.62. The van der Waals surface area contributed by atoms with E-state index in [0.717, 1.165) is 17.3 Å². The molecule has 0 unspecified atom stereocenters. The minimum absolute atomic E-state index is 0.0681. The van der Waals surface area contributed by atoms with Gasteiger partial charge in [0.25, 0.3) is 0 Å². The zero-order valence-corrected chi connectivity index (χ0v) is 14.5. The SMILES string of the molecule is COc1ccc(Nc2cc(NC(C)(C)C)nc(C)n2)cc1OC. The van der Waals surface area contributed by atoms with Crippen LogP contribution < -0.4 is 20.1 Å². The predicted molar refractivity (Wildman–Crippen MR) is 93.0 cm³/mol. The first-order valence-corrected chi connectivity index (χ1v) is 7.43. The molecule has 0 spiro atoms. The fraction of sp³-hybridized carbons (Fsp3) is 0.412. The van der Waals surface area contributed by atoms with Crippen LogP contribution >= 0.6 is 0 Å². The second-order valence-corrected chi connectivity index (χ2v) is 6.26. The summed E-state index contributed by atoms with van der Waals surface area (Å²) in [4.78, 5) is 8.84. The van der Waals surface area contributed by atoms with Crippen molar-refractivity contribution >= 4 is 17.3 Å². The Hall–Kier alpha value is -2.50. The Morgan fingerprint density at radius 3 is 2.17 bits per heavy atom. The van der Waals surface area contributed by atoms with Crippen LogP contribution in [0.25, 0.3) is 0 Å². The van der Waals surface area contributed by atoms with Gasteiger partial charge in [-0.15, -0.1) is 0 Å². The topological polar surface area (TPSA) is 68.3 Å². The summed E-state index contributed by atoms with van der Waals surface area (Å²) in [6.07, 6.45) is 0. The van der Waals surface area contributed by atoms with E-state index in [-0.39, 0.29) is 5.54 Å². The van der Waals surface area contributed by atoms with Gasteiger partial charge in [-0.2, -0.15) is 0 Å². The first kappa shape index (κ1) is 16.9. The van der Waals surface area contributed by atoms with E-state index in [1.807, 2.05) is 31.2 Å². The van der Waals surface area contributed by atoms with Crippen molar-refractivity contribution in [2.75, 3.05) is 24.9 Å². The van der Waals surface area contributed by atoms with Gasteiger partial charge in [0.1, 0.15) is 17.5 Å². The van der Waals surface area contributed by atoms with Crippen molar-refractivity contribution in [1.82, 2.24) is 9.97 Å². The maximum absolute atomic E-state index is 5.32. The van der Waals surface area contributed by atoms with Gasteiger partial charge in [0.15, 0.2) is 11.5 Å². The molecule has 0 saturated heterocycles. The number of nitrogens with zero attached hydrogens (tertiary/aromatic N) is 2. The van der Waals surface area contributed by atoms with Gasteiger partial charge in [-0.05, 0) is 39.8 Å². The van der Waals surface area contributed by atoms with Gasteiger partial charge >= 0.3 is 0 Å². The quantitative estimate of drug-likeness (QED) is 0.875. The third-order valence-corrected chi connectivity index (χ3v) is 3.00. The average Bonchev–Trinajstić information content (AvgIpc) is 2.44. The number of ether oxygens (including phenoxy) is 2. The van der Waals surface area contributed by atoms with E-state index < -0.39 is 0 Å². The molecule has 2 N–H and O–H groups in total. The summed E-state index contributed by atoms with van der Waals surface area (Å²) in [5.74, 6) is 3.55. The zero-order chi connectivity index (χ0) is 17.0. The molecule has 124 valence electrons. The number of rotatable bonds is 5. The highest BCUT2D eigenvalue weighted by atomic mass is 16.5. The maximum Gasteiger partial charge on any atom is 0.162 e. The normalized spacial score (nSPS) is 11.0. The number of methoxy groups -OCH3 is 2. The standard InChI is InChI=1S/C17H24N4O2/c1-11-18-15(10-16(19-11)21-17(2,3)4)20-12-7-8-13(22-5)14(9-12)23-6/h7-10H,1-6H3,(H2,18,19,20,21). The molecule has 6 nitrogen and oxygen atoms in total. The number of benzene rings is 1. The molecule has 0 amide bonds. The zero-order valence-electron chi connectivity index (χ0n) is 14.5. The van der Waals surface area contributed by atoms with Crippen molar-refractivity contribution in [2.45, 2.75) is 33.2 Å². The fourth-order valence-electron chi connectivity index (χ4n) is 2.14. The largest absolute Gasteiger partial charge is 0.493 e. The highest BCUT2D eigenvalue weighted by molar-refractivity contribution is 5.63. The van der Waals surface area contributed by atoms with E-state index >= 15 is 0 Å². The van der Waals surface area contributed by atoms with Gasteiger partial charge < -0.3 is 20.1 Å². The molecule has 2 rings (SSSR count). The minimum atomic E-state index is -0.0681. The highest BCUT2D eigenvalue weighted by Gasteiger charge is 2.12. The Balaban J connectivity index is 2.26. The van der Waals surface area contributed by atoms with Crippen LogP contribution in [0, 0.1) is 6.92 Å². The molecular formula is C17H24N4O2. The molecule has 0 aliphatic heterocycles. The minimum Gasteiger partial charge on any atom is -0.493 e. The number of anilines is 3. The molecule has 2 aromatic rings. The lowest BCUT2D eigenvalue weighted by molar-refractivity contribution is 0.355. The van der Waals surface area contributed by atoms with Crippen molar-refractivity contribution in [1.29, 1.82) is 0 Å². The van der Waals surface area contributed by atoms with E-state index in [0.29, 0.717) is 17.3 Å². The van der Waals surface area contributed by atoms with Crippen molar-refractivity contribution in [3.8, 4) is 11.5 Å². The summed E-state index contributed by atoms with van der Waals surface area (Å²) in [5.41, 5.74) is 0.795. The van der Waals surface area contributed by atoms with Gasteiger partial charge in [0.05, 0.1) is 14.2 Å². The molecule has 0 radical (unpaired) electrons. The lowest BCUT2D eigenvalue weighted by atomic mass is 10.1. The van der Waals surface area contributed by atoms with Gasteiger partial charge in [-0.25, -0.2) is 9.97 Å². The Kier molecular flexibility index (Phi) is 4.93. The molecule has 0 fully saturated rings. The van der Waals surface area contributed by atoms with E-state index in [1.54, 1.807) is 14.2 Å². The Morgan fingerprint density at radius 1 is 0.913 bits per heavy atom. The van der Waals surface area contributed by atoms with Crippen LogP contribution in [0.2, 0.25) is 0 Å². The van der Waals surface area contributed by atoms with Crippen LogP contribution in [0.4, 0.5) is 17.3 Å². The van der Waals surface area contributed by atoms with Gasteiger partial charge in [0, 0.05) is 23.4 Å². The molecule has 6 heteroatoms. The van der Waals surface area contributed by atoms with E-state index in [1.165, 1.54) is 0 Å². The van der Waals surface area contributed by atoms with E-state index in [2.05, 4.69) is 41.4 Å². The van der Waals surface area contributed by atoms with Gasteiger partial charge in [0.2, 0.25) is 0 Å². The summed E-state index contributed by atoms with van der Waals surface area (Å²) in [7, 11) is 3.23. The predicted octanol–water partition coefficient (Wildman–Crippen LogP) is 3.76. The number of aromatic nitrogens is 2. The molecule has 1 aromatic carbocycles. The summed E-state index contributed by atoms with van der Waals surface area (Å²) < 4.78 is 10.6. The smallest absolute Gasteiger partial charge is 0.162 e. The number of hydrogen-bond acceptors (Lipinski definition) is 6. The van der Waals surface area contributed by atoms with Crippen LogP contribution in [0.15, 0.2) is 24.3 Å². The highest BCUT2D eigenvalue weighted by Crippen LogP contribution is 2.31. The van der Waals surface area contributed by atoms with Crippen LogP contribution in [0.1, 0.15) is 26.6 Å². The molecule has 1 aromatic heterocycles. The summed E-state index contributed by atoms with van der Waals surface area (Å²) in [6, 6.07) is 7.52. The maximum atomic E-state index is 5.32. The van der Waals surface area contributed by atoms with Crippen molar-refractivity contribution < 1.29 is 9.47 Å². The second-order valence-electron chi connectivity index (χ2n) is 6.26. The summed E-state index contributed by atoms with van der Waals surface area (Å²) in [6.45, 7) is 8.14. The lowest BCUT2D eigenvalue weighted by Crippen LogP contribution is -2.26. The molecule has 1 heterocycles. The summed E-state index contributed by atoms with van der Waals surface area (Å²) >= 11 is 0. The molecule has 0 saturated carbocycles. The van der Waals surface area contributed by atoms with E-state index in [9.17, 15) is 0 Å². The average molecular weight is 316 g/mol. The molecule has 23 heavy (non-hydrogen) atoms. The Morgan fingerprint density at radius 2 is 1.57 bits per heavy atom. The van der Waals surface area contributed by atoms with Crippen molar-refractivity contribution in [3.63, 3.8) is 0 Å².